The maximum Gasteiger partial charge on any atom is 0.252 e. The van der Waals surface area contributed by atoms with Crippen LogP contribution in [0.15, 0.2) is 18.6 Å². The van der Waals surface area contributed by atoms with E-state index in [1.54, 1.807) is 23.2 Å². The van der Waals surface area contributed by atoms with Crippen molar-refractivity contribution in [3.05, 3.63) is 35.7 Å². The van der Waals surface area contributed by atoms with Crippen LogP contribution in [0.5, 0.6) is 0 Å². The van der Waals surface area contributed by atoms with Gasteiger partial charge in [0, 0.05) is 12.7 Å². The van der Waals surface area contributed by atoms with E-state index in [-0.39, 0.29) is 18.0 Å². The highest BCUT2D eigenvalue weighted by Gasteiger charge is 2.20. The third-order valence-electron chi connectivity index (χ3n) is 4.43. The van der Waals surface area contributed by atoms with Gasteiger partial charge in [0.2, 0.25) is 0 Å². The van der Waals surface area contributed by atoms with E-state index in [4.69, 9.17) is 0 Å². The summed E-state index contributed by atoms with van der Waals surface area (Å²) in [5.74, 6) is 0.528. The van der Waals surface area contributed by atoms with Gasteiger partial charge in [-0.1, -0.05) is 6.92 Å². The van der Waals surface area contributed by atoms with Gasteiger partial charge in [-0.3, -0.25) is 4.79 Å². The van der Waals surface area contributed by atoms with E-state index in [1.165, 1.54) is 0 Å². The highest BCUT2D eigenvalue weighted by molar-refractivity contribution is 6.05. The zero-order valence-electron chi connectivity index (χ0n) is 15.2. The van der Waals surface area contributed by atoms with E-state index in [9.17, 15) is 4.79 Å². The molecule has 3 aromatic rings. The van der Waals surface area contributed by atoms with E-state index < -0.39 is 0 Å². The van der Waals surface area contributed by atoms with Gasteiger partial charge in [-0.2, -0.15) is 5.10 Å². The van der Waals surface area contributed by atoms with Crippen LogP contribution < -0.4 is 5.32 Å². The zero-order valence-corrected chi connectivity index (χ0v) is 15.2. The van der Waals surface area contributed by atoms with Crippen molar-refractivity contribution in [1.29, 1.82) is 0 Å². The Morgan fingerprint density at radius 3 is 2.76 bits per heavy atom. The molecular formula is C17H23N7O. The maximum atomic E-state index is 12.8. The van der Waals surface area contributed by atoms with E-state index in [0.717, 1.165) is 23.1 Å². The lowest BCUT2D eigenvalue weighted by Crippen LogP contribution is -2.28. The van der Waals surface area contributed by atoms with Crippen molar-refractivity contribution >= 4 is 16.9 Å². The fourth-order valence-corrected chi connectivity index (χ4v) is 2.85. The summed E-state index contributed by atoms with van der Waals surface area (Å²) in [7, 11) is 1.85. The minimum Gasteiger partial charge on any atom is -0.342 e. The number of aromatic nitrogens is 6. The first kappa shape index (κ1) is 17.1. The Kier molecular flexibility index (Phi) is 4.52. The minimum atomic E-state index is -0.256. The van der Waals surface area contributed by atoms with Crippen LogP contribution in [0.3, 0.4) is 0 Å². The largest absolute Gasteiger partial charge is 0.342 e. The van der Waals surface area contributed by atoms with Crippen molar-refractivity contribution in [2.24, 2.45) is 7.05 Å². The van der Waals surface area contributed by atoms with E-state index in [1.807, 2.05) is 25.6 Å². The second-order valence-electron chi connectivity index (χ2n) is 6.39. The van der Waals surface area contributed by atoms with Crippen LogP contribution in [0.2, 0.25) is 0 Å². The number of nitrogens with one attached hydrogen (secondary N) is 1. The van der Waals surface area contributed by atoms with Crippen molar-refractivity contribution in [2.75, 3.05) is 0 Å². The van der Waals surface area contributed by atoms with Crippen LogP contribution in [0.1, 0.15) is 61.2 Å². The average molecular weight is 341 g/mol. The first-order chi connectivity index (χ1) is 11.9. The molecule has 25 heavy (non-hydrogen) atoms. The summed E-state index contributed by atoms with van der Waals surface area (Å²) < 4.78 is 3.67. The van der Waals surface area contributed by atoms with Gasteiger partial charge in [-0.05, 0) is 33.3 Å². The normalized spacial score (nSPS) is 13.8. The second kappa shape index (κ2) is 6.62. The van der Waals surface area contributed by atoms with Crippen LogP contribution in [0.25, 0.3) is 11.0 Å². The Hall–Kier alpha value is -2.77. The molecule has 0 aliphatic carbocycles. The Bertz CT molecular complexity index is 911. The SMILES string of the molecule is CC[C@@H](C)n1ncc2c(C(=O)N[C@H](C)c3nncn3C)cc(C)nc21. The highest BCUT2D eigenvalue weighted by atomic mass is 16.1. The number of pyridine rings is 1. The molecular weight excluding hydrogens is 318 g/mol. The van der Waals surface area contributed by atoms with Gasteiger partial charge in [0.05, 0.1) is 29.2 Å². The quantitative estimate of drug-likeness (QED) is 0.769. The number of carbonyl (C=O) groups excluding carboxylic acids is 1. The minimum absolute atomic E-state index is 0.172. The van der Waals surface area contributed by atoms with Crippen LogP contribution >= 0.6 is 0 Å². The molecule has 3 aromatic heterocycles. The third kappa shape index (κ3) is 3.11. The maximum absolute atomic E-state index is 12.8. The summed E-state index contributed by atoms with van der Waals surface area (Å²) in [4.78, 5) is 17.4. The Balaban J connectivity index is 1.96. The van der Waals surface area contributed by atoms with Crippen molar-refractivity contribution in [3.8, 4) is 0 Å². The van der Waals surface area contributed by atoms with Gasteiger partial charge in [0.1, 0.15) is 6.33 Å². The first-order valence-corrected chi connectivity index (χ1v) is 8.42. The number of aryl methyl sites for hydroxylation is 2. The predicted octanol–water partition coefficient (Wildman–Crippen LogP) is 2.33. The summed E-state index contributed by atoms with van der Waals surface area (Å²) in [5, 5.41) is 16.1. The molecule has 0 aliphatic rings. The van der Waals surface area contributed by atoms with Crippen LogP contribution in [-0.2, 0) is 7.05 Å². The monoisotopic (exact) mass is 341 g/mol. The molecule has 8 heteroatoms. The number of fused-ring (bicyclic) bond motifs is 1. The number of hydrogen-bond donors (Lipinski definition) is 1. The van der Waals surface area contributed by atoms with Crippen LogP contribution in [0, 0.1) is 6.92 Å². The molecule has 0 radical (unpaired) electrons. The van der Waals surface area contributed by atoms with Gasteiger partial charge in [-0.25, -0.2) is 9.67 Å². The molecule has 0 fully saturated rings. The van der Waals surface area contributed by atoms with Gasteiger partial charge < -0.3 is 9.88 Å². The fraction of sp³-hybridized carbons (Fsp3) is 0.471. The molecule has 3 heterocycles. The smallest absolute Gasteiger partial charge is 0.252 e. The molecule has 1 amide bonds. The molecule has 0 saturated heterocycles. The van der Waals surface area contributed by atoms with Gasteiger partial charge in [0.25, 0.3) is 5.91 Å². The molecule has 0 aliphatic heterocycles. The summed E-state index contributed by atoms with van der Waals surface area (Å²) >= 11 is 0. The Morgan fingerprint density at radius 2 is 2.12 bits per heavy atom. The lowest BCUT2D eigenvalue weighted by molar-refractivity contribution is 0.0939. The average Bonchev–Trinajstić information content (AvgIpc) is 3.19. The topological polar surface area (TPSA) is 90.5 Å². The Morgan fingerprint density at radius 1 is 1.36 bits per heavy atom. The molecule has 0 unspecified atom stereocenters. The Labute approximate surface area is 146 Å². The first-order valence-electron chi connectivity index (χ1n) is 8.42. The molecule has 0 saturated carbocycles. The van der Waals surface area contributed by atoms with E-state index in [2.05, 4.69) is 39.4 Å². The summed E-state index contributed by atoms with van der Waals surface area (Å²) in [6.07, 6.45) is 4.27. The highest BCUT2D eigenvalue weighted by Crippen LogP contribution is 2.23. The molecule has 0 bridgehead atoms. The lowest BCUT2D eigenvalue weighted by Gasteiger charge is -2.14. The van der Waals surface area contributed by atoms with Crippen LogP contribution in [-0.4, -0.2) is 35.4 Å². The second-order valence-corrected chi connectivity index (χ2v) is 6.39. The molecule has 0 spiro atoms. The van der Waals surface area contributed by atoms with Gasteiger partial charge in [0.15, 0.2) is 11.5 Å². The van der Waals surface area contributed by atoms with Crippen molar-refractivity contribution in [3.63, 3.8) is 0 Å². The zero-order chi connectivity index (χ0) is 18.1. The number of hydrogen-bond acceptors (Lipinski definition) is 5. The number of carbonyl (C=O) groups is 1. The van der Waals surface area contributed by atoms with Gasteiger partial charge >= 0.3 is 0 Å². The van der Waals surface area contributed by atoms with Gasteiger partial charge in [-0.15, -0.1) is 10.2 Å². The number of rotatable bonds is 5. The number of amides is 1. The predicted molar refractivity (Wildman–Crippen MR) is 94.2 cm³/mol. The summed E-state index contributed by atoms with van der Waals surface area (Å²) in [5.41, 5.74) is 2.10. The molecule has 132 valence electrons. The molecule has 0 aromatic carbocycles. The van der Waals surface area contributed by atoms with E-state index in [0.29, 0.717) is 11.4 Å². The third-order valence-corrected chi connectivity index (χ3v) is 4.43. The van der Waals surface area contributed by atoms with E-state index >= 15 is 0 Å². The van der Waals surface area contributed by atoms with Crippen molar-refractivity contribution in [2.45, 2.75) is 46.2 Å². The lowest BCUT2D eigenvalue weighted by atomic mass is 10.1. The van der Waals surface area contributed by atoms with Crippen LogP contribution in [0.4, 0.5) is 0 Å². The molecule has 2 atom stereocenters. The van der Waals surface area contributed by atoms with Crippen molar-refractivity contribution < 1.29 is 4.79 Å². The summed E-state index contributed by atoms with van der Waals surface area (Å²) in [6.45, 7) is 7.96. The molecule has 8 nitrogen and oxygen atoms in total. The molecule has 3 rings (SSSR count). The van der Waals surface area contributed by atoms with Crippen molar-refractivity contribution in [1.82, 2.24) is 34.8 Å². The summed E-state index contributed by atoms with van der Waals surface area (Å²) in [6, 6.07) is 1.76. The number of nitrogens with zero attached hydrogens (tertiary/aromatic N) is 6. The standard InChI is InChI=1S/C17H23N7O/c1-6-11(3)24-16-14(8-19-24)13(7-10(2)20-16)17(25)21-12(4)15-22-18-9-23(15)5/h7-9,11-12H,6H2,1-5H3,(H,21,25)/t11-,12-/m1/s1. The fourth-order valence-electron chi connectivity index (χ4n) is 2.85. The molecule has 1 N–H and O–H groups in total.